The van der Waals surface area contributed by atoms with E-state index in [9.17, 15) is 22.8 Å². The van der Waals surface area contributed by atoms with Gasteiger partial charge in [0.05, 0.1) is 12.0 Å². The van der Waals surface area contributed by atoms with Gasteiger partial charge in [-0.1, -0.05) is 18.2 Å². The number of benzene rings is 2. The molecule has 0 bridgehead atoms. The highest BCUT2D eigenvalue weighted by Crippen LogP contribution is 2.30. The maximum absolute atomic E-state index is 12.8. The Bertz CT molecular complexity index is 1090. The largest absolute Gasteiger partial charge is 0.439 e. The summed E-state index contributed by atoms with van der Waals surface area (Å²) in [4.78, 5) is 31.1. The van der Waals surface area contributed by atoms with Crippen molar-refractivity contribution in [3.63, 3.8) is 0 Å². The fourth-order valence-corrected chi connectivity index (χ4v) is 2.60. The van der Waals surface area contributed by atoms with Crippen LogP contribution in [0.3, 0.4) is 0 Å². The molecule has 0 aliphatic heterocycles. The summed E-state index contributed by atoms with van der Waals surface area (Å²) in [7, 11) is 0. The molecule has 0 radical (unpaired) electrons. The van der Waals surface area contributed by atoms with Gasteiger partial charge in [0.2, 0.25) is 17.7 Å². The van der Waals surface area contributed by atoms with Crippen LogP contribution in [-0.4, -0.2) is 21.8 Å². The highest BCUT2D eigenvalue weighted by molar-refractivity contribution is 5.92. The quantitative estimate of drug-likeness (QED) is 0.604. The van der Waals surface area contributed by atoms with Crippen molar-refractivity contribution in [2.75, 3.05) is 10.6 Å². The van der Waals surface area contributed by atoms with Crippen molar-refractivity contribution in [3.8, 4) is 11.6 Å². The van der Waals surface area contributed by atoms with Crippen LogP contribution in [0.5, 0.6) is 11.6 Å². The van der Waals surface area contributed by atoms with Crippen LogP contribution in [0.15, 0.2) is 60.9 Å². The number of halogens is 3. The van der Waals surface area contributed by atoms with Crippen LogP contribution in [-0.2, 0) is 22.2 Å². The molecule has 0 spiro atoms. The predicted octanol–water partition coefficient (Wildman–Crippen LogP) is 4.43. The van der Waals surface area contributed by atoms with E-state index in [-0.39, 0.29) is 23.9 Å². The van der Waals surface area contributed by atoms with Crippen LogP contribution in [0.1, 0.15) is 18.1 Å². The smallest absolute Gasteiger partial charge is 0.416 e. The van der Waals surface area contributed by atoms with E-state index < -0.39 is 17.6 Å². The molecule has 1 aromatic heterocycles. The first kappa shape index (κ1) is 21.8. The van der Waals surface area contributed by atoms with Gasteiger partial charge in [0, 0.05) is 18.7 Å². The third kappa shape index (κ3) is 6.53. The van der Waals surface area contributed by atoms with Gasteiger partial charge in [-0.2, -0.15) is 13.2 Å². The van der Waals surface area contributed by atoms with Crippen molar-refractivity contribution < 1.29 is 27.5 Å². The van der Waals surface area contributed by atoms with Crippen LogP contribution in [0.25, 0.3) is 0 Å². The average Bonchev–Trinajstić information content (AvgIpc) is 2.69. The molecule has 10 heteroatoms. The molecule has 0 fully saturated rings. The van der Waals surface area contributed by atoms with Gasteiger partial charge in [0.25, 0.3) is 0 Å². The minimum Gasteiger partial charge on any atom is -0.439 e. The number of nitrogens with one attached hydrogen (secondary N) is 2. The Hall–Kier alpha value is -3.95. The van der Waals surface area contributed by atoms with E-state index in [0.29, 0.717) is 17.1 Å². The van der Waals surface area contributed by atoms with Gasteiger partial charge in [-0.3, -0.25) is 9.59 Å². The molecule has 3 rings (SSSR count). The predicted molar refractivity (Wildman–Crippen MR) is 107 cm³/mol. The number of anilines is 2. The molecule has 0 unspecified atom stereocenters. The molecule has 2 amide bonds. The molecular weight excluding hydrogens is 413 g/mol. The Kier molecular flexibility index (Phi) is 6.49. The average molecular weight is 430 g/mol. The Morgan fingerprint density at radius 2 is 1.74 bits per heavy atom. The molecule has 2 N–H and O–H groups in total. The van der Waals surface area contributed by atoms with Crippen molar-refractivity contribution >= 4 is 23.3 Å². The number of carbonyl (C=O) groups excluding carboxylic acids is 2. The van der Waals surface area contributed by atoms with Gasteiger partial charge < -0.3 is 15.4 Å². The lowest BCUT2D eigenvalue weighted by Crippen LogP contribution is -2.15. The van der Waals surface area contributed by atoms with Crippen molar-refractivity contribution in [3.05, 3.63) is 72.1 Å². The first-order valence-corrected chi connectivity index (χ1v) is 9.02. The zero-order valence-electron chi connectivity index (χ0n) is 16.2. The van der Waals surface area contributed by atoms with Gasteiger partial charge in [0.1, 0.15) is 17.9 Å². The summed E-state index contributed by atoms with van der Waals surface area (Å²) in [5.74, 6) is 0.213. The lowest BCUT2D eigenvalue weighted by molar-refractivity contribution is -0.137. The van der Waals surface area contributed by atoms with Gasteiger partial charge in [0.15, 0.2) is 0 Å². The third-order valence-corrected chi connectivity index (χ3v) is 3.93. The van der Waals surface area contributed by atoms with E-state index >= 15 is 0 Å². The molecule has 0 aliphatic carbocycles. The first-order valence-electron chi connectivity index (χ1n) is 9.02. The van der Waals surface area contributed by atoms with Crippen LogP contribution in [0.4, 0.5) is 24.7 Å². The molecule has 0 saturated carbocycles. The van der Waals surface area contributed by atoms with Crippen molar-refractivity contribution in [2.45, 2.75) is 19.5 Å². The summed E-state index contributed by atoms with van der Waals surface area (Å²) >= 11 is 0. The normalized spacial score (nSPS) is 11.0. The Balaban J connectivity index is 1.59. The second kappa shape index (κ2) is 9.24. The number of alkyl halides is 3. The number of amides is 2. The number of hydrogen-bond acceptors (Lipinski definition) is 5. The molecule has 31 heavy (non-hydrogen) atoms. The minimum absolute atomic E-state index is 0.0310. The van der Waals surface area contributed by atoms with Crippen LogP contribution in [0, 0.1) is 0 Å². The zero-order chi connectivity index (χ0) is 22.4. The van der Waals surface area contributed by atoms with Crippen molar-refractivity contribution in [1.82, 2.24) is 9.97 Å². The third-order valence-electron chi connectivity index (χ3n) is 3.93. The number of ether oxygens (including phenoxy) is 1. The van der Waals surface area contributed by atoms with Gasteiger partial charge in [-0.05, 0) is 35.9 Å². The summed E-state index contributed by atoms with van der Waals surface area (Å²) in [5.41, 5.74) is -0.129. The first-order chi connectivity index (χ1) is 14.7. The SMILES string of the molecule is CC(=O)Nc1cc(Oc2ccc(CC(=O)Nc3cccc(C(F)(F)F)c3)cc2)ncn1. The standard InChI is InChI=1S/C21H17F3N4O3/c1-13(29)27-18-11-20(26-12-25-18)31-17-7-5-14(6-8-17)9-19(30)28-16-4-2-3-15(10-16)21(22,23)24/h2-8,10-12H,9H2,1H3,(H,28,30)(H,25,26,27,29). The molecule has 160 valence electrons. The molecule has 2 aromatic carbocycles. The molecule has 0 atom stereocenters. The van der Waals surface area contributed by atoms with Gasteiger partial charge in [-0.15, -0.1) is 0 Å². The highest BCUT2D eigenvalue weighted by atomic mass is 19.4. The van der Waals surface area contributed by atoms with Gasteiger partial charge >= 0.3 is 6.18 Å². The number of nitrogens with zero attached hydrogens (tertiary/aromatic N) is 2. The fourth-order valence-electron chi connectivity index (χ4n) is 2.60. The van der Waals surface area contributed by atoms with E-state index in [1.807, 2.05) is 0 Å². The fraction of sp³-hybridized carbons (Fsp3) is 0.143. The molecule has 7 nitrogen and oxygen atoms in total. The summed E-state index contributed by atoms with van der Waals surface area (Å²) in [6.07, 6.45) is -3.27. The lowest BCUT2D eigenvalue weighted by Gasteiger charge is -2.10. The molecule has 3 aromatic rings. The second-order valence-corrected chi connectivity index (χ2v) is 6.47. The highest BCUT2D eigenvalue weighted by Gasteiger charge is 2.30. The molecular formula is C21H17F3N4O3. The Morgan fingerprint density at radius 3 is 2.42 bits per heavy atom. The summed E-state index contributed by atoms with van der Waals surface area (Å²) in [5, 5.41) is 4.97. The van der Waals surface area contributed by atoms with E-state index in [1.54, 1.807) is 24.3 Å². The minimum atomic E-state index is -4.48. The van der Waals surface area contributed by atoms with E-state index in [1.165, 1.54) is 31.5 Å². The van der Waals surface area contributed by atoms with E-state index in [4.69, 9.17) is 4.74 Å². The number of hydrogen-bond donors (Lipinski definition) is 2. The Labute approximate surface area is 175 Å². The number of aromatic nitrogens is 2. The summed E-state index contributed by atoms with van der Waals surface area (Å²) < 4.78 is 43.9. The molecule has 0 aliphatic rings. The summed E-state index contributed by atoms with van der Waals surface area (Å²) in [6, 6.07) is 12.4. The molecule has 1 heterocycles. The van der Waals surface area contributed by atoms with Crippen LogP contribution < -0.4 is 15.4 Å². The summed E-state index contributed by atoms with van der Waals surface area (Å²) in [6.45, 7) is 1.35. The van der Waals surface area contributed by atoms with Gasteiger partial charge in [-0.25, -0.2) is 9.97 Å². The zero-order valence-corrected chi connectivity index (χ0v) is 16.2. The van der Waals surface area contributed by atoms with Crippen LogP contribution in [0.2, 0.25) is 0 Å². The Morgan fingerprint density at radius 1 is 1.00 bits per heavy atom. The lowest BCUT2D eigenvalue weighted by atomic mass is 10.1. The van der Waals surface area contributed by atoms with E-state index in [2.05, 4.69) is 20.6 Å². The maximum atomic E-state index is 12.8. The van der Waals surface area contributed by atoms with Crippen molar-refractivity contribution in [2.24, 2.45) is 0 Å². The molecule has 0 saturated heterocycles. The number of carbonyl (C=O) groups is 2. The topological polar surface area (TPSA) is 93.2 Å². The second-order valence-electron chi connectivity index (χ2n) is 6.47. The van der Waals surface area contributed by atoms with E-state index in [0.717, 1.165) is 12.1 Å². The number of rotatable bonds is 6. The van der Waals surface area contributed by atoms with Crippen molar-refractivity contribution in [1.29, 1.82) is 0 Å². The van der Waals surface area contributed by atoms with Crippen LogP contribution >= 0.6 is 0 Å². The monoisotopic (exact) mass is 430 g/mol. The maximum Gasteiger partial charge on any atom is 0.416 e.